The average Bonchev–Trinajstić information content (AvgIpc) is 2.44. The molecule has 112 valence electrons. The Morgan fingerprint density at radius 1 is 1.32 bits per heavy atom. The Morgan fingerprint density at radius 2 is 1.95 bits per heavy atom. The summed E-state index contributed by atoms with van der Waals surface area (Å²) in [5.41, 5.74) is 4.68. The number of nitrogens with one attached hydrogen (secondary N) is 1. The molecule has 0 saturated carbocycles. The van der Waals surface area contributed by atoms with Crippen LogP contribution in [0.2, 0.25) is 0 Å². The van der Waals surface area contributed by atoms with Gasteiger partial charge in [0.15, 0.2) is 5.84 Å². The third kappa shape index (κ3) is 5.04. The maximum atomic E-state index is 12.2. The van der Waals surface area contributed by atoms with Crippen LogP contribution in [0.25, 0.3) is 0 Å². The van der Waals surface area contributed by atoms with Crippen LogP contribution in [0.4, 0.5) is 0 Å². The van der Waals surface area contributed by atoms with Crippen molar-refractivity contribution in [2.75, 3.05) is 33.5 Å². The monoisotopic (exact) mass is 275 g/mol. The van der Waals surface area contributed by atoms with Gasteiger partial charge < -0.3 is 25.7 Å². The molecule has 19 heavy (non-hydrogen) atoms. The summed E-state index contributed by atoms with van der Waals surface area (Å²) in [7, 11) is 1.60. The summed E-state index contributed by atoms with van der Waals surface area (Å²) in [5.74, 6) is -0.307. The summed E-state index contributed by atoms with van der Waals surface area (Å²) in [6.07, 6.45) is 0.936. The molecule has 0 spiro atoms. The predicted molar refractivity (Wildman–Crippen MR) is 72.1 cm³/mol. The van der Waals surface area contributed by atoms with E-state index in [1.807, 2.05) is 13.8 Å². The fraction of sp³-hybridized carbons (Fsp3) is 0.833. The Balaban J connectivity index is 4.28. The third-order valence-electron chi connectivity index (χ3n) is 3.20. The number of methoxy groups -OCH3 is 1. The van der Waals surface area contributed by atoms with Crippen molar-refractivity contribution < 1.29 is 19.5 Å². The number of carbonyl (C=O) groups is 1. The van der Waals surface area contributed by atoms with Crippen LogP contribution in [0, 0.1) is 5.41 Å². The van der Waals surface area contributed by atoms with Gasteiger partial charge in [-0.05, 0) is 12.8 Å². The van der Waals surface area contributed by atoms with Crippen molar-refractivity contribution in [3.8, 4) is 0 Å². The Morgan fingerprint density at radius 3 is 2.42 bits per heavy atom. The van der Waals surface area contributed by atoms with Crippen molar-refractivity contribution in [1.29, 1.82) is 0 Å². The Kier molecular flexibility index (Phi) is 8.90. The van der Waals surface area contributed by atoms with Gasteiger partial charge in [0, 0.05) is 13.7 Å². The normalized spacial score (nSPS) is 12.5. The van der Waals surface area contributed by atoms with E-state index < -0.39 is 5.41 Å². The zero-order valence-corrected chi connectivity index (χ0v) is 11.9. The number of rotatable bonds is 10. The number of hydrogen-bond donors (Lipinski definition) is 3. The highest BCUT2D eigenvalue weighted by Gasteiger charge is 2.39. The second-order valence-electron chi connectivity index (χ2n) is 4.14. The van der Waals surface area contributed by atoms with E-state index in [0.717, 1.165) is 0 Å². The van der Waals surface area contributed by atoms with Crippen LogP contribution in [-0.2, 0) is 14.3 Å². The van der Waals surface area contributed by atoms with Gasteiger partial charge in [0.1, 0.15) is 5.41 Å². The van der Waals surface area contributed by atoms with Gasteiger partial charge in [0.25, 0.3) is 0 Å². The molecule has 7 nitrogen and oxygen atoms in total. The summed E-state index contributed by atoms with van der Waals surface area (Å²) in [5, 5.41) is 14.5. The number of nitrogens with two attached hydrogens (primary N) is 1. The van der Waals surface area contributed by atoms with Crippen LogP contribution in [0.15, 0.2) is 5.16 Å². The van der Waals surface area contributed by atoms with Crippen LogP contribution >= 0.6 is 0 Å². The molecule has 0 radical (unpaired) electrons. The molecule has 0 aliphatic heterocycles. The minimum atomic E-state index is -0.957. The van der Waals surface area contributed by atoms with Crippen molar-refractivity contribution in [1.82, 2.24) is 5.32 Å². The quantitative estimate of drug-likeness (QED) is 0.175. The number of amides is 1. The Bertz CT molecular complexity index is 291. The van der Waals surface area contributed by atoms with Gasteiger partial charge >= 0.3 is 0 Å². The largest absolute Gasteiger partial charge is 0.409 e. The molecule has 7 heteroatoms. The molecule has 1 amide bonds. The van der Waals surface area contributed by atoms with Gasteiger partial charge in [-0.1, -0.05) is 19.0 Å². The summed E-state index contributed by atoms with van der Waals surface area (Å²) in [6, 6.07) is 0. The van der Waals surface area contributed by atoms with Crippen LogP contribution in [-0.4, -0.2) is 50.4 Å². The predicted octanol–water partition coefficient (Wildman–Crippen LogP) is 0.318. The van der Waals surface area contributed by atoms with E-state index in [9.17, 15) is 4.79 Å². The lowest BCUT2D eigenvalue weighted by molar-refractivity contribution is -0.128. The summed E-state index contributed by atoms with van der Waals surface area (Å²) in [4.78, 5) is 12.2. The third-order valence-corrected chi connectivity index (χ3v) is 3.20. The van der Waals surface area contributed by atoms with Crippen LogP contribution in [0.5, 0.6) is 0 Å². The van der Waals surface area contributed by atoms with E-state index >= 15 is 0 Å². The molecule has 0 aliphatic rings. The molecule has 0 heterocycles. The lowest BCUT2D eigenvalue weighted by Gasteiger charge is -2.28. The number of nitrogens with zero attached hydrogens (tertiary/aromatic N) is 1. The van der Waals surface area contributed by atoms with Gasteiger partial charge in [-0.2, -0.15) is 0 Å². The van der Waals surface area contributed by atoms with Crippen LogP contribution < -0.4 is 11.1 Å². The lowest BCUT2D eigenvalue weighted by atomic mass is 9.80. The molecule has 4 N–H and O–H groups in total. The zero-order chi connectivity index (χ0) is 14.7. The van der Waals surface area contributed by atoms with E-state index in [4.69, 9.17) is 20.4 Å². The summed E-state index contributed by atoms with van der Waals surface area (Å²) < 4.78 is 10.1. The SMILES string of the molecule is CCC(CC)(C(=O)NCCOCCOC)C(N)=NO. The molecule has 0 fully saturated rings. The van der Waals surface area contributed by atoms with E-state index in [1.54, 1.807) is 7.11 Å². The molecule has 0 unspecified atom stereocenters. The lowest BCUT2D eigenvalue weighted by Crippen LogP contribution is -2.49. The molecule has 0 rings (SSSR count). The zero-order valence-electron chi connectivity index (χ0n) is 11.9. The molecule has 0 saturated heterocycles. The molecule has 0 atom stereocenters. The molecular formula is C12H25N3O4. The number of carbonyl (C=O) groups excluding carboxylic acids is 1. The highest BCUT2D eigenvalue weighted by Crippen LogP contribution is 2.26. The first kappa shape index (κ1) is 17.7. The first-order chi connectivity index (χ1) is 9.08. The fourth-order valence-corrected chi connectivity index (χ4v) is 1.80. The number of ether oxygens (including phenoxy) is 2. The minimum Gasteiger partial charge on any atom is -0.409 e. The van der Waals surface area contributed by atoms with Gasteiger partial charge in [0.05, 0.1) is 19.8 Å². The average molecular weight is 275 g/mol. The topological polar surface area (TPSA) is 106 Å². The molecule has 0 aromatic heterocycles. The van der Waals surface area contributed by atoms with Crippen LogP contribution in [0.3, 0.4) is 0 Å². The highest BCUT2D eigenvalue weighted by atomic mass is 16.5. The van der Waals surface area contributed by atoms with Gasteiger partial charge in [-0.15, -0.1) is 0 Å². The smallest absolute Gasteiger partial charge is 0.234 e. The van der Waals surface area contributed by atoms with Gasteiger partial charge in [0.2, 0.25) is 5.91 Å². The summed E-state index contributed by atoms with van der Waals surface area (Å²) >= 11 is 0. The number of hydrogen-bond acceptors (Lipinski definition) is 5. The number of amidine groups is 1. The van der Waals surface area contributed by atoms with Gasteiger partial charge in [-0.3, -0.25) is 4.79 Å². The van der Waals surface area contributed by atoms with E-state index in [1.165, 1.54) is 0 Å². The Hall–Kier alpha value is -1.34. The van der Waals surface area contributed by atoms with Crippen LogP contribution in [0.1, 0.15) is 26.7 Å². The Labute approximate surface area is 114 Å². The van der Waals surface area contributed by atoms with Crippen molar-refractivity contribution >= 4 is 11.7 Å². The first-order valence-corrected chi connectivity index (χ1v) is 6.42. The van der Waals surface area contributed by atoms with Crippen molar-refractivity contribution in [3.63, 3.8) is 0 Å². The molecule has 0 bridgehead atoms. The maximum Gasteiger partial charge on any atom is 0.234 e. The van der Waals surface area contributed by atoms with Crippen molar-refractivity contribution in [3.05, 3.63) is 0 Å². The van der Waals surface area contributed by atoms with Gasteiger partial charge in [-0.25, -0.2) is 0 Å². The van der Waals surface area contributed by atoms with E-state index in [2.05, 4.69) is 10.5 Å². The molecular weight excluding hydrogens is 250 g/mol. The second kappa shape index (κ2) is 9.57. The molecule has 0 aliphatic carbocycles. The number of oxime groups is 1. The van der Waals surface area contributed by atoms with E-state index in [-0.39, 0.29) is 11.7 Å². The first-order valence-electron chi connectivity index (χ1n) is 6.42. The van der Waals surface area contributed by atoms with E-state index in [0.29, 0.717) is 39.2 Å². The molecule has 0 aromatic carbocycles. The minimum absolute atomic E-state index is 0.0599. The van der Waals surface area contributed by atoms with Crippen molar-refractivity contribution in [2.24, 2.45) is 16.3 Å². The van der Waals surface area contributed by atoms with Crippen molar-refractivity contribution in [2.45, 2.75) is 26.7 Å². The second-order valence-corrected chi connectivity index (χ2v) is 4.14. The fourth-order valence-electron chi connectivity index (χ4n) is 1.80. The molecule has 0 aromatic rings. The maximum absolute atomic E-state index is 12.2. The standard InChI is InChI=1S/C12H25N3O4/c1-4-12(5-2,10(13)15-17)11(16)14-6-7-19-9-8-18-3/h17H,4-9H2,1-3H3,(H2,13,15)(H,14,16). The highest BCUT2D eigenvalue weighted by molar-refractivity contribution is 6.06. The summed E-state index contributed by atoms with van der Waals surface area (Å²) in [6.45, 7) is 5.44.